The molecule has 5 unspecified atom stereocenters. The summed E-state index contributed by atoms with van der Waals surface area (Å²) in [6.07, 6.45) is 11.3. The van der Waals surface area contributed by atoms with Gasteiger partial charge in [0.1, 0.15) is 0 Å². The summed E-state index contributed by atoms with van der Waals surface area (Å²) < 4.78 is 0. The van der Waals surface area contributed by atoms with E-state index >= 15 is 0 Å². The Bertz CT molecular complexity index is 723. The van der Waals surface area contributed by atoms with E-state index in [0.717, 1.165) is 5.92 Å². The van der Waals surface area contributed by atoms with E-state index in [0.29, 0.717) is 27.7 Å². The van der Waals surface area contributed by atoms with E-state index < -0.39 is 0 Å². The molecule has 0 amide bonds. The molecule has 5 aliphatic rings. The summed E-state index contributed by atoms with van der Waals surface area (Å²) in [7, 11) is 0. The van der Waals surface area contributed by atoms with Crippen LogP contribution in [0, 0.1) is 22.2 Å². The Morgan fingerprint density at radius 1 is 1.00 bits per heavy atom. The van der Waals surface area contributed by atoms with Crippen LogP contribution in [-0.4, -0.2) is 30.6 Å². The maximum Gasteiger partial charge on any atom is 0.00631 e. The Balaban J connectivity index is 1.38. The highest BCUT2D eigenvalue weighted by Gasteiger charge is 2.82. The zero-order valence-corrected chi connectivity index (χ0v) is 16.3. The summed E-state index contributed by atoms with van der Waals surface area (Å²) in [4.78, 5) is 2.78. The third-order valence-electron chi connectivity index (χ3n) is 9.73. The molecule has 5 fully saturated rings. The average molecular weight is 351 g/mol. The van der Waals surface area contributed by atoms with Gasteiger partial charge in [0.25, 0.3) is 0 Å². The van der Waals surface area contributed by atoms with Crippen molar-refractivity contribution < 1.29 is 0 Å². The summed E-state index contributed by atoms with van der Waals surface area (Å²) in [6, 6.07) is 12.1. The number of benzene rings is 1. The number of nitrogens with two attached hydrogens (primary N) is 1. The lowest BCUT2D eigenvalue weighted by Crippen LogP contribution is -2.61. The van der Waals surface area contributed by atoms with Crippen LogP contribution in [-0.2, 0) is 5.41 Å². The average Bonchev–Trinajstić information content (AvgIpc) is 2.90. The van der Waals surface area contributed by atoms with Gasteiger partial charge in [-0.25, -0.2) is 0 Å². The number of hydrogen-bond donors (Lipinski definition) is 1. The van der Waals surface area contributed by atoms with Crippen LogP contribution in [0.4, 0.5) is 0 Å². The molecule has 140 valence electrons. The maximum atomic E-state index is 6.17. The Hall–Kier alpha value is -0.860. The molecule has 1 spiro atoms. The molecular weight excluding hydrogens is 316 g/mol. The van der Waals surface area contributed by atoms with Crippen LogP contribution in [0.2, 0.25) is 0 Å². The largest absolute Gasteiger partial charge is 0.328 e. The standard InChI is InChI=1S/C24H34N2/c1-21-11-18-12-22(17-26-9-7-20(25)8-10-26)15-23(14-21,24(21,13-18)16-22)19-5-3-2-4-6-19/h2-6,18,20H,7-17,25H2,1H3. The third kappa shape index (κ3) is 1.81. The van der Waals surface area contributed by atoms with Crippen LogP contribution in [0.5, 0.6) is 0 Å². The van der Waals surface area contributed by atoms with Crippen LogP contribution in [0.1, 0.15) is 63.9 Å². The predicted molar refractivity (Wildman–Crippen MR) is 106 cm³/mol. The summed E-state index contributed by atoms with van der Waals surface area (Å²) >= 11 is 0. The maximum absolute atomic E-state index is 6.17. The van der Waals surface area contributed by atoms with Crippen molar-refractivity contribution in [3.63, 3.8) is 0 Å². The van der Waals surface area contributed by atoms with Crippen molar-refractivity contribution in [3.05, 3.63) is 35.9 Å². The Morgan fingerprint density at radius 3 is 2.54 bits per heavy atom. The van der Waals surface area contributed by atoms with Gasteiger partial charge >= 0.3 is 0 Å². The smallest absolute Gasteiger partial charge is 0.00631 e. The highest BCUT2D eigenvalue weighted by molar-refractivity contribution is 5.44. The number of piperidine rings is 1. The quantitative estimate of drug-likeness (QED) is 0.879. The molecule has 1 heterocycles. The van der Waals surface area contributed by atoms with Crippen molar-refractivity contribution in [2.24, 2.45) is 27.9 Å². The van der Waals surface area contributed by atoms with Gasteiger partial charge in [-0.15, -0.1) is 0 Å². The molecule has 26 heavy (non-hydrogen) atoms. The Morgan fingerprint density at radius 2 is 1.77 bits per heavy atom. The molecule has 3 bridgehead atoms. The molecule has 5 atom stereocenters. The van der Waals surface area contributed by atoms with Gasteiger partial charge in [-0.05, 0) is 92.2 Å². The van der Waals surface area contributed by atoms with Crippen molar-refractivity contribution in [2.45, 2.75) is 69.7 Å². The minimum atomic E-state index is 0.448. The number of likely N-dealkylation sites (tertiary alicyclic amines) is 1. The van der Waals surface area contributed by atoms with E-state index in [-0.39, 0.29) is 0 Å². The molecule has 6 rings (SSSR count). The first kappa shape index (κ1) is 16.1. The van der Waals surface area contributed by atoms with Gasteiger partial charge in [0.05, 0.1) is 0 Å². The van der Waals surface area contributed by atoms with Gasteiger partial charge in [0.15, 0.2) is 0 Å². The molecular formula is C24H34N2. The van der Waals surface area contributed by atoms with Crippen LogP contribution >= 0.6 is 0 Å². The van der Waals surface area contributed by atoms with E-state index in [2.05, 4.69) is 42.2 Å². The molecule has 1 aromatic carbocycles. The van der Waals surface area contributed by atoms with Gasteiger partial charge in [-0.3, -0.25) is 0 Å². The van der Waals surface area contributed by atoms with Crippen LogP contribution in [0.25, 0.3) is 0 Å². The number of fused-ring (bicyclic) bond motifs is 2. The van der Waals surface area contributed by atoms with Gasteiger partial charge < -0.3 is 10.6 Å². The molecule has 4 aliphatic carbocycles. The molecule has 0 aromatic heterocycles. The van der Waals surface area contributed by atoms with E-state index in [1.807, 2.05) is 0 Å². The molecule has 2 N–H and O–H groups in total. The van der Waals surface area contributed by atoms with E-state index in [1.165, 1.54) is 71.0 Å². The summed E-state index contributed by atoms with van der Waals surface area (Å²) in [5, 5.41) is 0. The molecule has 4 saturated carbocycles. The van der Waals surface area contributed by atoms with Crippen molar-refractivity contribution >= 4 is 0 Å². The molecule has 1 aliphatic heterocycles. The fourth-order valence-corrected chi connectivity index (χ4v) is 9.32. The Labute approximate surface area is 158 Å². The van der Waals surface area contributed by atoms with Crippen molar-refractivity contribution in [1.29, 1.82) is 0 Å². The molecule has 2 heteroatoms. The Kier molecular flexibility index (Phi) is 3.07. The molecule has 0 radical (unpaired) electrons. The first-order chi connectivity index (χ1) is 12.5. The van der Waals surface area contributed by atoms with Crippen molar-refractivity contribution in [2.75, 3.05) is 19.6 Å². The lowest BCUT2D eigenvalue weighted by atomic mass is 9.38. The molecule has 1 saturated heterocycles. The van der Waals surface area contributed by atoms with Crippen LogP contribution in [0.15, 0.2) is 30.3 Å². The zero-order chi connectivity index (χ0) is 17.6. The topological polar surface area (TPSA) is 29.3 Å². The van der Waals surface area contributed by atoms with Gasteiger partial charge in [0, 0.05) is 18.0 Å². The first-order valence-corrected chi connectivity index (χ1v) is 11.0. The van der Waals surface area contributed by atoms with Crippen molar-refractivity contribution in [1.82, 2.24) is 4.90 Å². The van der Waals surface area contributed by atoms with Gasteiger partial charge in [-0.2, -0.15) is 0 Å². The minimum Gasteiger partial charge on any atom is -0.328 e. The number of hydrogen-bond acceptors (Lipinski definition) is 2. The predicted octanol–water partition coefficient (Wildman–Crippen LogP) is 4.34. The van der Waals surface area contributed by atoms with Crippen molar-refractivity contribution in [3.8, 4) is 0 Å². The normalized spacial score (nSPS) is 50.0. The second kappa shape index (κ2) is 4.94. The minimum absolute atomic E-state index is 0.448. The monoisotopic (exact) mass is 350 g/mol. The van der Waals surface area contributed by atoms with Gasteiger partial charge in [0.2, 0.25) is 0 Å². The zero-order valence-electron chi connectivity index (χ0n) is 16.3. The summed E-state index contributed by atoms with van der Waals surface area (Å²) in [6.45, 7) is 6.46. The lowest BCUT2D eigenvalue weighted by Gasteiger charge is -2.66. The van der Waals surface area contributed by atoms with Crippen LogP contribution < -0.4 is 5.73 Å². The van der Waals surface area contributed by atoms with E-state index in [1.54, 1.807) is 5.56 Å². The second-order valence-corrected chi connectivity index (χ2v) is 11.2. The van der Waals surface area contributed by atoms with E-state index in [4.69, 9.17) is 5.73 Å². The summed E-state index contributed by atoms with van der Waals surface area (Å²) in [5.41, 5.74) is 10.1. The second-order valence-electron chi connectivity index (χ2n) is 11.2. The highest BCUT2D eigenvalue weighted by atomic mass is 15.1. The van der Waals surface area contributed by atoms with Gasteiger partial charge in [-0.1, -0.05) is 37.3 Å². The fourth-order valence-electron chi connectivity index (χ4n) is 9.32. The lowest BCUT2D eigenvalue weighted by molar-refractivity contribution is -0.115. The van der Waals surface area contributed by atoms with E-state index in [9.17, 15) is 0 Å². The van der Waals surface area contributed by atoms with Crippen LogP contribution in [0.3, 0.4) is 0 Å². The number of rotatable bonds is 3. The fraction of sp³-hybridized carbons (Fsp3) is 0.750. The number of nitrogens with zero attached hydrogens (tertiary/aromatic N) is 1. The third-order valence-corrected chi connectivity index (χ3v) is 9.73. The summed E-state index contributed by atoms with van der Waals surface area (Å²) in [5.74, 6) is 0.994. The SMILES string of the molecule is CC12CC3CC4(CN5CCC(N)CC5)CC(c5ccccc5)(C1)C2(C3)C4. The first-order valence-electron chi connectivity index (χ1n) is 11.0. The molecule has 1 aromatic rings. The molecule has 2 nitrogen and oxygen atoms in total. The highest BCUT2D eigenvalue weighted by Crippen LogP contribution is 2.88.